The maximum atomic E-state index is 12.7. The first-order chi connectivity index (χ1) is 9.15. The molecular weight excluding hydrogens is 249 g/mol. The fraction of sp³-hybridized carbons (Fsp3) is 0.500. The lowest BCUT2D eigenvalue weighted by Gasteiger charge is -2.28. The molecule has 2 atom stereocenters. The van der Waals surface area contributed by atoms with E-state index in [2.05, 4.69) is 5.32 Å². The molecule has 0 aliphatic carbocycles. The molecule has 1 saturated heterocycles. The number of ether oxygens (including phenoxy) is 1. The summed E-state index contributed by atoms with van der Waals surface area (Å²) in [7, 11) is 0. The highest BCUT2D eigenvalue weighted by molar-refractivity contribution is 5.76. The number of aliphatic hydroxyl groups excluding tert-OH is 1. The van der Waals surface area contributed by atoms with Crippen molar-refractivity contribution in [3.05, 3.63) is 35.6 Å². The van der Waals surface area contributed by atoms with Gasteiger partial charge in [0.05, 0.1) is 18.8 Å². The summed E-state index contributed by atoms with van der Waals surface area (Å²) in [5.74, 6) is -0.381. The van der Waals surface area contributed by atoms with Gasteiger partial charge in [0, 0.05) is 13.0 Å². The molecule has 1 aromatic carbocycles. The van der Waals surface area contributed by atoms with Gasteiger partial charge in [0.2, 0.25) is 5.91 Å². The van der Waals surface area contributed by atoms with Crippen molar-refractivity contribution in [3.63, 3.8) is 0 Å². The van der Waals surface area contributed by atoms with Crippen LogP contribution < -0.4 is 5.32 Å². The fourth-order valence-corrected chi connectivity index (χ4v) is 2.08. The number of nitrogens with one attached hydrogen (secondary N) is 1. The lowest BCUT2D eigenvalue weighted by Crippen LogP contribution is -2.48. The van der Waals surface area contributed by atoms with Gasteiger partial charge in [0.15, 0.2) is 0 Å². The van der Waals surface area contributed by atoms with E-state index in [1.807, 2.05) is 0 Å². The van der Waals surface area contributed by atoms with E-state index in [0.717, 1.165) is 5.56 Å². The molecule has 2 N–H and O–H groups in total. The zero-order chi connectivity index (χ0) is 13.7. The van der Waals surface area contributed by atoms with E-state index in [0.29, 0.717) is 25.9 Å². The number of carbonyl (C=O) groups excluding carboxylic acids is 1. The summed E-state index contributed by atoms with van der Waals surface area (Å²) in [6.07, 6.45) is 0.883. The van der Waals surface area contributed by atoms with Crippen LogP contribution >= 0.6 is 0 Å². The number of aryl methyl sites for hydroxylation is 1. The first-order valence-corrected chi connectivity index (χ1v) is 6.45. The Balaban J connectivity index is 1.76. The molecule has 1 aliphatic heterocycles. The second-order valence-electron chi connectivity index (χ2n) is 4.73. The third kappa shape index (κ3) is 4.29. The van der Waals surface area contributed by atoms with Crippen LogP contribution in [0.4, 0.5) is 4.39 Å². The van der Waals surface area contributed by atoms with Gasteiger partial charge in [-0.2, -0.15) is 0 Å². The quantitative estimate of drug-likeness (QED) is 0.856. The van der Waals surface area contributed by atoms with Gasteiger partial charge < -0.3 is 15.2 Å². The van der Waals surface area contributed by atoms with E-state index in [4.69, 9.17) is 4.74 Å². The van der Waals surface area contributed by atoms with E-state index in [9.17, 15) is 14.3 Å². The Bertz CT molecular complexity index is 421. The summed E-state index contributed by atoms with van der Waals surface area (Å²) in [4.78, 5) is 11.8. The molecule has 0 spiro atoms. The molecule has 104 valence electrons. The van der Waals surface area contributed by atoms with E-state index in [1.54, 1.807) is 12.1 Å². The third-order valence-electron chi connectivity index (χ3n) is 3.23. The second kappa shape index (κ2) is 6.63. The Labute approximate surface area is 111 Å². The number of aliphatic hydroxyl groups is 1. The Morgan fingerprint density at radius 3 is 2.84 bits per heavy atom. The Kier molecular flexibility index (Phi) is 4.87. The van der Waals surface area contributed by atoms with Crippen molar-refractivity contribution in [3.8, 4) is 0 Å². The van der Waals surface area contributed by atoms with Crippen LogP contribution in [-0.2, 0) is 16.0 Å². The van der Waals surface area contributed by atoms with Crippen molar-refractivity contribution in [1.29, 1.82) is 0 Å². The fourth-order valence-electron chi connectivity index (χ4n) is 2.08. The Hall–Kier alpha value is -1.46. The summed E-state index contributed by atoms with van der Waals surface area (Å²) in [6.45, 7) is 0.822. The highest BCUT2D eigenvalue weighted by atomic mass is 19.1. The van der Waals surface area contributed by atoms with Crippen LogP contribution in [-0.4, -0.2) is 36.4 Å². The predicted molar refractivity (Wildman–Crippen MR) is 68.1 cm³/mol. The lowest BCUT2D eigenvalue weighted by atomic mass is 10.1. The number of hydrogen-bond donors (Lipinski definition) is 2. The monoisotopic (exact) mass is 267 g/mol. The summed E-state index contributed by atoms with van der Waals surface area (Å²) < 4.78 is 17.8. The molecule has 5 heteroatoms. The molecule has 1 aromatic rings. The standard InChI is InChI=1S/C14H18FNO3/c15-11-4-1-10(2-5-11)3-6-14(18)16-12-7-8-19-9-13(12)17/h1-2,4-5,12-13,17H,3,6-9H2,(H,16,18)/t12-,13-/m1/s1. The van der Waals surface area contributed by atoms with Crippen LogP contribution in [0.2, 0.25) is 0 Å². The van der Waals surface area contributed by atoms with Crippen molar-refractivity contribution in [2.75, 3.05) is 13.2 Å². The molecule has 4 nitrogen and oxygen atoms in total. The normalized spacial score (nSPS) is 23.1. The summed E-state index contributed by atoms with van der Waals surface area (Å²) in [5.41, 5.74) is 0.920. The van der Waals surface area contributed by atoms with Crippen LogP contribution in [0.1, 0.15) is 18.4 Å². The van der Waals surface area contributed by atoms with Gasteiger partial charge in [-0.3, -0.25) is 4.79 Å². The topological polar surface area (TPSA) is 58.6 Å². The van der Waals surface area contributed by atoms with Crippen LogP contribution in [0, 0.1) is 5.82 Å². The van der Waals surface area contributed by atoms with Gasteiger partial charge in [0.25, 0.3) is 0 Å². The molecule has 2 rings (SSSR count). The number of rotatable bonds is 4. The average Bonchev–Trinajstić information content (AvgIpc) is 2.41. The number of hydrogen-bond acceptors (Lipinski definition) is 3. The second-order valence-corrected chi connectivity index (χ2v) is 4.73. The maximum absolute atomic E-state index is 12.7. The van der Waals surface area contributed by atoms with Crippen LogP contribution in [0.5, 0.6) is 0 Å². The highest BCUT2D eigenvalue weighted by Crippen LogP contribution is 2.09. The van der Waals surface area contributed by atoms with Gasteiger partial charge in [-0.25, -0.2) is 4.39 Å². The van der Waals surface area contributed by atoms with Gasteiger partial charge in [-0.05, 0) is 30.5 Å². The summed E-state index contributed by atoms with van der Waals surface area (Å²) >= 11 is 0. The van der Waals surface area contributed by atoms with Gasteiger partial charge >= 0.3 is 0 Å². The zero-order valence-corrected chi connectivity index (χ0v) is 10.6. The Morgan fingerprint density at radius 1 is 1.42 bits per heavy atom. The summed E-state index contributed by atoms with van der Waals surface area (Å²) in [5, 5.41) is 12.5. The zero-order valence-electron chi connectivity index (χ0n) is 10.6. The molecule has 0 aromatic heterocycles. The number of amides is 1. The van der Waals surface area contributed by atoms with Crippen molar-refractivity contribution < 1.29 is 19.0 Å². The largest absolute Gasteiger partial charge is 0.389 e. The van der Waals surface area contributed by atoms with E-state index in [-0.39, 0.29) is 24.4 Å². The average molecular weight is 267 g/mol. The van der Waals surface area contributed by atoms with Crippen molar-refractivity contribution in [2.45, 2.75) is 31.4 Å². The molecular formula is C14H18FNO3. The molecule has 19 heavy (non-hydrogen) atoms. The van der Waals surface area contributed by atoms with Crippen molar-refractivity contribution >= 4 is 5.91 Å². The molecule has 0 radical (unpaired) electrons. The number of benzene rings is 1. The molecule has 0 unspecified atom stereocenters. The highest BCUT2D eigenvalue weighted by Gasteiger charge is 2.24. The van der Waals surface area contributed by atoms with E-state index >= 15 is 0 Å². The van der Waals surface area contributed by atoms with E-state index in [1.165, 1.54) is 12.1 Å². The maximum Gasteiger partial charge on any atom is 0.220 e. The van der Waals surface area contributed by atoms with Crippen molar-refractivity contribution in [2.24, 2.45) is 0 Å². The number of carbonyl (C=O) groups is 1. The van der Waals surface area contributed by atoms with Gasteiger partial charge in [-0.1, -0.05) is 12.1 Å². The SMILES string of the molecule is O=C(CCc1ccc(F)cc1)N[C@@H]1CCOC[C@H]1O. The molecule has 0 saturated carbocycles. The minimum absolute atomic E-state index is 0.102. The lowest BCUT2D eigenvalue weighted by molar-refractivity contribution is -0.124. The van der Waals surface area contributed by atoms with E-state index < -0.39 is 6.10 Å². The Morgan fingerprint density at radius 2 is 2.16 bits per heavy atom. The first-order valence-electron chi connectivity index (χ1n) is 6.45. The molecule has 1 fully saturated rings. The molecule has 1 heterocycles. The van der Waals surface area contributed by atoms with Crippen LogP contribution in [0.15, 0.2) is 24.3 Å². The van der Waals surface area contributed by atoms with Gasteiger partial charge in [0.1, 0.15) is 5.82 Å². The third-order valence-corrected chi connectivity index (χ3v) is 3.23. The minimum Gasteiger partial charge on any atom is -0.389 e. The predicted octanol–water partition coefficient (Wildman–Crippen LogP) is 1.02. The minimum atomic E-state index is -0.636. The van der Waals surface area contributed by atoms with Gasteiger partial charge in [-0.15, -0.1) is 0 Å². The number of halogens is 1. The van der Waals surface area contributed by atoms with Crippen molar-refractivity contribution in [1.82, 2.24) is 5.32 Å². The van der Waals surface area contributed by atoms with Crippen LogP contribution in [0.3, 0.4) is 0 Å². The summed E-state index contributed by atoms with van der Waals surface area (Å²) in [6, 6.07) is 5.89. The smallest absolute Gasteiger partial charge is 0.220 e. The first kappa shape index (κ1) is 14.0. The van der Waals surface area contributed by atoms with Crippen LogP contribution in [0.25, 0.3) is 0 Å². The molecule has 0 bridgehead atoms. The molecule has 1 amide bonds. The molecule has 1 aliphatic rings.